The Morgan fingerprint density at radius 1 is 1.55 bits per heavy atom. The lowest BCUT2D eigenvalue weighted by Crippen LogP contribution is -2.54. The maximum atomic E-state index is 12.2. The third kappa shape index (κ3) is 3.52. The van der Waals surface area contributed by atoms with E-state index in [9.17, 15) is 14.7 Å². The Morgan fingerprint density at radius 3 is 2.90 bits per heavy atom. The number of rotatable bonds is 3. The van der Waals surface area contributed by atoms with Crippen molar-refractivity contribution in [1.82, 2.24) is 10.2 Å². The summed E-state index contributed by atoms with van der Waals surface area (Å²) in [6, 6.07) is 2.84. The first kappa shape index (κ1) is 15.3. The summed E-state index contributed by atoms with van der Waals surface area (Å²) >= 11 is 4.92. The van der Waals surface area contributed by atoms with Crippen molar-refractivity contribution in [1.29, 1.82) is 0 Å². The predicted molar refractivity (Wildman–Crippen MR) is 80.8 cm³/mol. The van der Waals surface area contributed by atoms with Gasteiger partial charge in [0.1, 0.15) is 6.04 Å². The fraction of sp³-hybridized carbons (Fsp3) is 0.538. The van der Waals surface area contributed by atoms with E-state index in [-0.39, 0.29) is 11.9 Å². The predicted octanol–water partition coefficient (Wildman–Crippen LogP) is 2.91. The SMILES string of the molecule is CC1CCCN(C(=O)NCc2ccc(Br)s2)C1C(=O)O. The van der Waals surface area contributed by atoms with Gasteiger partial charge in [-0.1, -0.05) is 6.92 Å². The number of likely N-dealkylation sites (tertiary alicyclic amines) is 1. The van der Waals surface area contributed by atoms with E-state index in [0.29, 0.717) is 13.1 Å². The Morgan fingerprint density at radius 2 is 2.30 bits per heavy atom. The highest BCUT2D eigenvalue weighted by molar-refractivity contribution is 9.11. The molecule has 2 unspecified atom stereocenters. The van der Waals surface area contributed by atoms with Crippen molar-refractivity contribution >= 4 is 39.3 Å². The summed E-state index contributed by atoms with van der Waals surface area (Å²) in [5.74, 6) is -0.936. The van der Waals surface area contributed by atoms with E-state index in [1.807, 2.05) is 19.1 Å². The van der Waals surface area contributed by atoms with Gasteiger partial charge in [0.15, 0.2) is 0 Å². The largest absolute Gasteiger partial charge is 0.480 e. The number of piperidine rings is 1. The molecule has 2 atom stereocenters. The van der Waals surface area contributed by atoms with E-state index in [4.69, 9.17) is 0 Å². The van der Waals surface area contributed by atoms with Crippen molar-refractivity contribution in [2.45, 2.75) is 32.4 Å². The standard InChI is InChI=1S/C13H17BrN2O3S/c1-8-3-2-6-16(11(8)12(17)18)13(19)15-7-9-4-5-10(14)20-9/h4-5,8,11H,2-3,6-7H2,1H3,(H,15,19)(H,17,18). The third-order valence-corrected chi connectivity index (χ3v) is 5.11. The summed E-state index contributed by atoms with van der Waals surface area (Å²) in [5, 5.41) is 12.1. The molecule has 2 heterocycles. The zero-order chi connectivity index (χ0) is 14.7. The second-order valence-electron chi connectivity index (χ2n) is 4.96. The molecule has 0 radical (unpaired) electrons. The molecule has 110 valence electrons. The molecule has 0 saturated carbocycles. The molecule has 7 heteroatoms. The highest BCUT2D eigenvalue weighted by atomic mass is 79.9. The van der Waals surface area contributed by atoms with Crippen molar-refractivity contribution in [2.75, 3.05) is 6.54 Å². The van der Waals surface area contributed by atoms with Gasteiger partial charge in [-0.2, -0.15) is 0 Å². The summed E-state index contributed by atoms with van der Waals surface area (Å²) in [5.41, 5.74) is 0. The maximum Gasteiger partial charge on any atom is 0.326 e. The van der Waals surface area contributed by atoms with Gasteiger partial charge in [0.25, 0.3) is 0 Å². The normalized spacial score (nSPS) is 22.6. The highest BCUT2D eigenvalue weighted by Gasteiger charge is 2.36. The Bertz CT molecular complexity index is 506. The van der Waals surface area contributed by atoms with Crippen LogP contribution in [0.25, 0.3) is 0 Å². The summed E-state index contributed by atoms with van der Waals surface area (Å²) < 4.78 is 1.01. The van der Waals surface area contributed by atoms with E-state index in [1.165, 1.54) is 4.90 Å². The van der Waals surface area contributed by atoms with Gasteiger partial charge in [0.2, 0.25) is 0 Å². The van der Waals surface area contributed by atoms with Crippen LogP contribution in [-0.4, -0.2) is 34.6 Å². The molecule has 0 aliphatic carbocycles. The zero-order valence-electron chi connectivity index (χ0n) is 11.1. The van der Waals surface area contributed by atoms with Crippen LogP contribution in [0.2, 0.25) is 0 Å². The number of carboxylic acid groups (broad SMARTS) is 1. The molecule has 0 bridgehead atoms. The Balaban J connectivity index is 1.97. The first-order valence-electron chi connectivity index (χ1n) is 6.50. The number of carbonyl (C=O) groups excluding carboxylic acids is 1. The van der Waals surface area contributed by atoms with Crippen LogP contribution >= 0.6 is 27.3 Å². The van der Waals surface area contributed by atoms with Crippen LogP contribution in [-0.2, 0) is 11.3 Å². The maximum absolute atomic E-state index is 12.2. The van der Waals surface area contributed by atoms with Gasteiger partial charge in [-0.15, -0.1) is 11.3 Å². The number of hydrogen-bond acceptors (Lipinski definition) is 3. The summed E-state index contributed by atoms with van der Waals surface area (Å²) in [6.07, 6.45) is 1.70. The lowest BCUT2D eigenvalue weighted by molar-refractivity contribution is -0.145. The fourth-order valence-electron chi connectivity index (χ4n) is 2.50. The molecule has 1 aromatic rings. The number of thiophene rings is 1. The van der Waals surface area contributed by atoms with Crippen molar-refractivity contribution in [3.63, 3.8) is 0 Å². The lowest BCUT2D eigenvalue weighted by Gasteiger charge is -2.37. The Kier molecular flexibility index (Phi) is 5.04. The molecule has 1 fully saturated rings. The molecule has 20 heavy (non-hydrogen) atoms. The average molecular weight is 361 g/mol. The van der Waals surface area contributed by atoms with Crippen LogP contribution in [0.5, 0.6) is 0 Å². The molecule has 5 nitrogen and oxygen atoms in total. The van der Waals surface area contributed by atoms with Crippen molar-refractivity contribution < 1.29 is 14.7 Å². The second-order valence-corrected chi connectivity index (χ2v) is 7.51. The number of amides is 2. The summed E-state index contributed by atoms with van der Waals surface area (Å²) in [7, 11) is 0. The molecule has 2 rings (SSSR count). The fourth-order valence-corrected chi connectivity index (χ4v) is 3.93. The minimum atomic E-state index is -0.925. The van der Waals surface area contributed by atoms with E-state index in [0.717, 1.165) is 21.5 Å². The molecular weight excluding hydrogens is 344 g/mol. The minimum Gasteiger partial charge on any atom is -0.480 e. The number of nitrogens with one attached hydrogen (secondary N) is 1. The molecule has 0 spiro atoms. The Hall–Kier alpha value is -1.08. The van der Waals surface area contributed by atoms with Crippen molar-refractivity contribution in [3.8, 4) is 0 Å². The second kappa shape index (κ2) is 6.58. The number of carbonyl (C=O) groups is 2. The van der Waals surface area contributed by atoms with Crippen molar-refractivity contribution in [2.24, 2.45) is 5.92 Å². The third-order valence-electron chi connectivity index (χ3n) is 3.49. The molecule has 2 N–H and O–H groups in total. The molecular formula is C13H17BrN2O3S. The Labute approximate surface area is 130 Å². The number of nitrogens with zero attached hydrogens (tertiary/aromatic N) is 1. The van der Waals surface area contributed by atoms with Gasteiger partial charge in [-0.05, 0) is 46.8 Å². The van der Waals surface area contributed by atoms with Crippen LogP contribution in [0.3, 0.4) is 0 Å². The van der Waals surface area contributed by atoms with Crippen molar-refractivity contribution in [3.05, 3.63) is 20.8 Å². The first-order chi connectivity index (χ1) is 9.49. The molecule has 2 amide bonds. The van der Waals surface area contributed by atoms with Gasteiger partial charge in [0, 0.05) is 11.4 Å². The summed E-state index contributed by atoms with van der Waals surface area (Å²) in [6.45, 7) is 2.81. The first-order valence-corrected chi connectivity index (χ1v) is 8.11. The number of urea groups is 1. The van der Waals surface area contributed by atoms with Gasteiger partial charge >= 0.3 is 12.0 Å². The number of halogens is 1. The van der Waals surface area contributed by atoms with Crippen LogP contribution in [0.4, 0.5) is 4.79 Å². The monoisotopic (exact) mass is 360 g/mol. The zero-order valence-corrected chi connectivity index (χ0v) is 13.5. The molecule has 1 aromatic heterocycles. The molecule has 1 saturated heterocycles. The van der Waals surface area contributed by atoms with E-state index < -0.39 is 12.0 Å². The highest BCUT2D eigenvalue weighted by Crippen LogP contribution is 2.24. The summed E-state index contributed by atoms with van der Waals surface area (Å²) in [4.78, 5) is 26.0. The topological polar surface area (TPSA) is 69.6 Å². The van der Waals surface area contributed by atoms with E-state index in [1.54, 1.807) is 11.3 Å². The molecule has 0 aromatic carbocycles. The number of hydrogen-bond donors (Lipinski definition) is 2. The van der Waals surface area contributed by atoms with Gasteiger partial charge in [0.05, 0.1) is 10.3 Å². The van der Waals surface area contributed by atoms with E-state index >= 15 is 0 Å². The van der Waals surface area contributed by atoms with Gasteiger partial charge in [-0.3, -0.25) is 0 Å². The number of carboxylic acids is 1. The molecule has 1 aliphatic heterocycles. The smallest absolute Gasteiger partial charge is 0.326 e. The number of aliphatic carboxylic acids is 1. The van der Waals surface area contributed by atoms with Crippen LogP contribution in [0.15, 0.2) is 15.9 Å². The van der Waals surface area contributed by atoms with Gasteiger partial charge < -0.3 is 15.3 Å². The van der Waals surface area contributed by atoms with Crippen LogP contribution in [0.1, 0.15) is 24.6 Å². The molecule has 1 aliphatic rings. The minimum absolute atomic E-state index is 0.0112. The van der Waals surface area contributed by atoms with E-state index in [2.05, 4.69) is 21.2 Å². The van der Waals surface area contributed by atoms with Crippen LogP contribution < -0.4 is 5.32 Å². The quantitative estimate of drug-likeness (QED) is 0.870. The average Bonchev–Trinajstić information content (AvgIpc) is 2.81. The van der Waals surface area contributed by atoms with Crippen LogP contribution in [0, 0.1) is 5.92 Å². The lowest BCUT2D eigenvalue weighted by atomic mass is 9.91. The van der Waals surface area contributed by atoms with Gasteiger partial charge in [-0.25, -0.2) is 9.59 Å².